The van der Waals surface area contributed by atoms with Crippen molar-refractivity contribution in [3.05, 3.63) is 60.6 Å². The van der Waals surface area contributed by atoms with Crippen molar-refractivity contribution < 1.29 is 4.79 Å². The van der Waals surface area contributed by atoms with Gasteiger partial charge in [0.1, 0.15) is 6.33 Å². The third kappa shape index (κ3) is 3.32. The summed E-state index contributed by atoms with van der Waals surface area (Å²) in [7, 11) is 3.72. The maximum atomic E-state index is 12.8. The van der Waals surface area contributed by atoms with Gasteiger partial charge in [0.25, 0.3) is 5.91 Å². The number of aryl methyl sites for hydroxylation is 2. The molecule has 28 heavy (non-hydrogen) atoms. The first-order valence-electron chi connectivity index (χ1n) is 9.01. The zero-order chi connectivity index (χ0) is 19.5. The Hall–Kier alpha value is -3.68. The molecule has 2 aromatic heterocycles. The molecule has 0 saturated carbocycles. The first kappa shape index (κ1) is 17.7. The summed E-state index contributed by atoms with van der Waals surface area (Å²) in [5.74, 6) is 0.563. The van der Waals surface area contributed by atoms with Gasteiger partial charge in [-0.3, -0.25) is 9.48 Å². The van der Waals surface area contributed by atoms with E-state index in [2.05, 4.69) is 25.8 Å². The Bertz CT molecular complexity index is 1130. The lowest BCUT2D eigenvalue weighted by molar-refractivity contribution is 0.0957. The van der Waals surface area contributed by atoms with E-state index in [0.29, 0.717) is 24.6 Å². The fourth-order valence-corrected chi connectivity index (χ4v) is 3.27. The van der Waals surface area contributed by atoms with Crippen LogP contribution in [-0.2, 0) is 14.1 Å². The second-order valence-electron chi connectivity index (χ2n) is 6.44. The number of hydrogen-bond acceptors (Lipinski definition) is 5. The van der Waals surface area contributed by atoms with Gasteiger partial charge < -0.3 is 10.6 Å². The minimum atomic E-state index is -0.104. The predicted octanol–water partition coefficient (Wildman–Crippen LogP) is 2.21. The topological polar surface area (TPSA) is 89.7 Å². The van der Waals surface area contributed by atoms with E-state index >= 15 is 0 Å². The zero-order valence-corrected chi connectivity index (χ0v) is 15.8. The molecular formula is C20H21N7O. The van der Waals surface area contributed by atoms with Gasteiger partial charge in [0, 0.05) is 44.5 Å². The number of hydrogen-bond donors (Lipinski definition) is 2. The number of aromatic nitrogens is 5. The average Bonchev–Trinajstić information content (AvgIpc) is 3.32. The Morgan fingerprint density at radius 3 is 2.54 bits per heavy atom. The van der Waals surface area contributed by atoms with Crippen molar-refractivity contribution in [3.63, 3.8) is 0 Å². The Labute approximate surface area is 162 Å². The highest BCUT2D eigenvalue weighted by Gasteiger charge is 2.13. The highest BCUT2D eigenvalue weighted by molar-refractivity contribution is 6.10. The summed E-state index contributed by atoms with van der Waals surface area (Å²) in [5.41, 5.74) is 2.72. The van der Waals surface area contributed by atoms with Gasteiger partial charge in [-0.1, -0.05) is 30.3 Å². The van der Waals surface area contributed by atoms with Crippen LogP contribution < -0.4 is 10.6 Å². The van der Waals surface area contributed by atoms with Crippen molar-refractivity contribution in [2.75, 3.05) is 18.4 Å². The maximum Gasteiger partial charge on any atom is 0.251 e. The van der Waals surface area contributed by atoms with Gasteiger partial charge in [-0.15, -0.1) is 0 Å². The SMILES string of the molecule is Cn1nccc1-c1cccc2c(C(=O)NCCNc3ncnn3C)cccc12. The molecule has 2 heterocycles. The van der Waals surface area contributed by atoms with Crippen LogP contribution in [-0.4, -0.2) is 43.5 Å². The first-order chi connectivity index (χ1) is 13.6. The summed E-state index contributed by atoms with van der Waals surface area (Å²) >= 11 is 0. The molecule has 0 fully saturated rings. The van der Waals surface area contributed by atoms with Crippen molar-refractivity contribution in [3.8, 4) is 11.3 Å². The van der Waals surface area contributed by atoms with E-state index in [1.165, 1.54) is 6.33 Å². The lowest BCUT2D eigenvalue weighted by atomic mass is 9.98. The summed E-state index contributed by atoms with van der Waals surface area (Å²) in [6.07, 6.45) is 3.26. The second-order valence-corrected chi connectivity index (χ2v) is 6.44. The molecule has 8 nitrogen and oxygen atoms in total. The largest absolute Gasteiger partial charge is 0.353 e. The van der Waals surface area contributed by atoms with Crippen LogP contribution in [0.1, 0.15) is 10.4 Å². The van der Waals surface area contributed by atoms with E-state index < -0.39 is 0 Å². The summed E-state index contributed by atoms with van der Waals surface area (Å²) in [4.78, 5) is 16.9. The minimum absolute atomic E-state index is 0.104. The summed E-state index contributed by atoms with van der Waals surface area (Å²) in [6, 6.07) is 13.8. The zero-order valence-electron chi connectivity index (χ0n) is 15.8. The van der Waals surface area contributed by atoms with Gasteiger partial charge >= 0.3 is 0 Å². The number of nitrogens with zero attached hydrogens (tertiary/aromatic N) is 5. The van der Waals surface area contributed by atoms with Gasteiger partial charge in [0.05, 0.1) is 5.69 Å². The molecule has 2 N–H and O–H groups in total. The average molecular weight is 375 g/mol. The van der Waals surface area contributed by atoms with Crippen LogP contribution in [0.25, 0.3) is 22.0 Å². The number of benzene rings is 2. The van der Waals surface area contributed by atoms with Crippen LogP contribution in [0.4, 0.5) is 5.95 Å². The lowest BCUT2D eigenvalue weighted by Gasteiger charge is -2.12. The molecule has 0 aliphatic heterocycles. The van der Waals surface area contributed by atoms with Gasteiger partial charge in [-0.2, -0.15) is 15.2 Å². The number of anilines is 1. The van der Waals surface area contributed by atoms with E-state index in [-0.39, 0.29) is 5.91 Å². The number of nitrogens with one attached hydrogen (secondary N) is 2. The predicted molar refractivity (Wildman–Crippen MR) is 108 cm³/mol. The molecule has 1 amide bonds. The highest BCUT2D eigenvalue weighted by Crippen LogP contribution is 2.30. The maximum absolute atomic E-state index is 12.8. The van der Waals surface area contributed by atoms with Gasteiger partial charge in [-0.25, -0.2) is 4.68 Å². The second kappa shape index (κ2) is 7.51. The van der Waals surface area contributed by atoms with E-state index in [0.717, 1.165) is 22.0 Å². The van der Waals surface area contributed by atoms with Gasteiger partial charge in [-0.05, 0) is 22.9 Å². The highest BCUT2D eigenvalue weighted by atomic mass is 16.1. The van der Waals surface area contributed by atoms with Crippen LogP contribution >= 0.6 is 0 Å². The number of amides is 1. The summed E-state index contributed by atoms with van der Waals surface area (Å²) in [5, 5.41) is 16.3. The molecular weight excluding hydrogens is 354 g/mol. The normalized spacial score (nSPS) is 10.9. The van der Waals surface area contributed by atoms with Crippen LogP contribution in [0.15, 0.2) is 55.0 Å². The number of fused-ring (bicyclic) bond motifs is 1. The molecule has 0 spiro atoms. The standard InChI is InChI=1S/C20H21N7O/c1-26-18(9-10-24-26)16-7-3-6-15-14(16)5-4-8-17(15)19(28)21-11-12-22-20-23-13-25-27(20)2/h3-10,13H,11-12H2,1-2H3,(H,21,28)(H,22,23,25). The molecule has 0 atom stereocenters. The molecule has 0 bridgehead atoms. The summed E-state index contributed by atoms with van der Waals surface area (Å²) in [6.45, 7) is 1.03. The van der Waals surface area contributed by atoms with Gasteiger partial charge in [0.15, 0.2) is 0 Å². The molecule has 0 aliphatic carbocycles. The molecule has 0 saturated heterocycles. The Morgan fingerprint density at radius 2 is 1.79 bits per heavy atom. The quantitative estimate of drug-likeness (QED) is 0.504. The van der Waals surface area contributed by atoms with E-state index in [9.17, 15) is 4.79 Å². The summed E-state index contributed by atoms with van der Waals surface area (Å²) < 4.78 is 3.48. The Morgan fingerprint density at radius 1 is 0.964 bits per heavy atom. The van der Waals surface area contributed by atoms with Crippen molar-refractivity contribution in [2.45, 2.75) is 0 Å². The van der Waals surface area contributed by atoms with Crippen molar-refractivity contribution in [1.29, 1.82) is 0 Å². The third-order valence-electron chi connectivity index (χ3n) is 4.67. The van der Waals surface area contributed by atoms with Crippen LogP contribution in [0.2, 0.25) is 0 Å². The Kier molecular flexibility index (Phi) is 4.76. The Balaban J connectivity index is 1.53. The molecule has 2 aromatic carbocycles. The molecule has 142 valence electrons. The molecule has 4 rings (SSSR count). The van der Waals surface area contributed by atoms with Crippen molar-refractivity contribution >= 4 is 22.6 Å². The van der Waals surface area contributed by atoms with Gasteiger partial charge in [0.2, 0.25) is 5.95 Å². The molecule has 4 aromatic rings. The van der Waals surface area contributed by atoms with E-state index in [1.807, 2.05) is 61.2 Å². The smallest absolute Gasteiger partial charge is 0.251 e. The van der Waals surface area contributed by atoms with Crippen LogP contribution in [0.5, 0.6) is 0 Å². The van der Waals surface area contributed by atoms with Crippen LogP contribution in [0, 0.1) is 0 Å². The first-order valence-corrected chi connectivity index (χ1v) is 9.01. The molecule has 0 aliphatic rings. The number of carbonyl (C=O) groups excluding carboxylic acids is 1. The lowest BCUT2D eigenvalue weighted by Crippen LogP contribution is -2.29. The minimum Gasteiger partial charge on any atom is -0.353 e. The van der Waals surface area contributed by atoms with Crippen LogP contribution in [0.3, 0.4) is 0 Å². The van der Waals surface area contributed by atoms with E-state index in [4.69, 9.17) is 0 Å². The molecule has 0 unspecified atom stereocenters. The van der Waals surface area contributed by atoms with Crippen molar-refractivity contribution in [1.82, 2.24) is 29.9 Å². The fourth-order valence-electron chi connectivity index (χ4n) is 3.27. The molecule has 0 radical (unpaired) electrons. The monoisotopic (exact) mass is 375 g/mol. The van der Waals surface area contributed by atoms with E-state index in [1.54, 1.807) is 10.9 Å². The molecule has 8 heteroatoms. The van der Waals surface area contributed by atoms with Crippen molar-refractivity contribution in [2.24, 2.45) is 14.1 Å². The fraction of sp³-hybridized carbons (Fsp3) is 0.200. The number of rotatable bonds is 6. The number of carbonyl (C=O) groups is 1. The third-order valence-corrected chi connectivity index (χ3v) is 4.67.